The first-order valence-corrected chi connectivity index (χ1v) is 7.34. The zero-order chi connectivity index (χ0) is 14.5. The summed E-state index contributed by atoms with van der Waals surface area (Å²) in [7, 11) is 0. The van der Waals surface area contributed by atoms with E-state index in [4.69, 9.17) is 5.73 Å². The Morgan fingerprint density at radius 1 is 1.00 bits per heavy atom. The summed E-state index contributed by atoms with van der Waals surface area (Å²) in [5.74, 6) is 1.49. The first-order valence-electron chi connectivity index (χ1n) is 7.34. The average molecular weight is 284 g/mol. The van der Waals surface area contributed by atoms with Gasteiger partial charge in [0.25, 0.3) is 0 Å². The molecule has 0 amide bonds. The predicted octanol–water partition coefficient (Wildman–Crippen LogP) is 2.18. The van der Waals surface area contributed by atoms with E-state index in [0.29, 0.717) is 5.95 Å². The fourth-order valence-electron chi connectivity index (χ4n) is 2.53. The molecule has 0 aliphatic carbocycles. The van der Waals surface area contributed by atoms with Crippen LogP contribution in [0, 0.1) is 0 Å². The molecule has 0 atom stereocenters. The second-order valence-corrected chi connectivity index (χ2v) is 5.26. The van der Waals surface area contributed by atoms with E-state index in [9.17, 15) is 0 Å². The maximum atomic E-state index is 5.80. The van der Waals surface area contributed by atoms with Gasteiger partial charge in [-0.15, -0.1) is 0 Å². The summed E-state index contributed by atoms with van der Waals surface area (Å²) < 4.78 is 0. The standard InChI is InChI=1S/C15H20N6/c16-14-18-13(11-21-9-5-2-6-10-21)19-15(20-14)17-12-7-3-1-4-8-12/h1,3-4,7-8H,2,5-6,9-11H2,(H3,16,17,18,19,20). The molecule has 110 valence electrons. The molecule has 1 fully saturated rings. The molecular formula is C15H20N6. The van der Waals surface area contributed by atoms with Gasteiger partial charge in [0.05, 0.1) is 6.54 Å². The van der Waals surface area contributed by atoms with E-state index >= 15 is 0 Å². The molecule has 6 nitrogen and oxygen atoms in total. The van der Waals surface area contributed by atoms with Crippen molar-refractivity contribution in [3.05, 3.63) is 36.2 Å². The molecule has 0 saturated carbocycles. The largest absolute Gasteiger partial charge is 0.368 e. The van der Waals surface area contributed by atoms with Crippen LogP contribution in [-0.4, -0.2) is 32.9 Å². The molecule has 0 radical (unpaired) electrons. The van der Waals surface area contributed by atoms with Gasteiger partial charge in [-0.25, -0.2) is 0 Å². The summed E-state index contributed by atoms with van der Waals surface area (Å²) in [6.07, 6.45) is 3.81. The average Bonchev–Trinajstić information content (AvgIpc) is 2.48. The number of benzene rings is 1. The van der Waals surface area contributed by atoms with Crippen LogP contribution in [0.5, 0.6) is 0 Å². The summed E-state index contributed by atoms with van der Waals surface area (Å²) in [6.45, 7) is 2.94. The van der Waals surface area contributed by atoms with Gasteiger partial charge >= 0.3 is 0 Å². The fraction of sp³-hybridized carbons (Fsp3) is 0.400. The molecule has 1 aromatic heterocycles. The molecular weight excluding hydrogens is 264 g/mol. The van der Waals surface area contributed by atoms with Crippen LogP contribution in [0.4, 0.5) is 17.6 Å². The molecule has 2 heterocycles. The van der Waals surface area contributed by atoms with Gasteiger partial charge in [0, 0.05) is 5.69 Å². The number of anilines is 3. The topological polar surface area (TPSA) is 80.0 Å². The van der Waals surface area contributed by atoms with Crippen LogP contribution >= 0.6 is 0 Å². The van der Waals surface area contributed by atoms with Crippen LogP contribution in [0.3, 0.4) is 0 Å². The van der Waals surface area contributed by atoms with E-state index in [1.54, 1.807) is 0 Å². The summed E-state index contributed by atoms with van der Waals surface area (Å²) in [5.41, 5.74) is 6.73. The fourth-order valence-corrected chi connectivity index (χ4v) is 2.53. The highest BCUT2D eigenvalue weighted by atomic mass is 15.2. The minimum atomic E-state index is 0.260. The number of nitrogen functional groups attached to an aromatic ring is 1. The van der Waals surface area contributed by atoms with Crippen molar-refractivity contribution in [1.82, 2.24) is 19.9 Å². The second-order valence-electron chi connectivity index (χ2n) is 5.26. The van der Waals surface area contributed by atoms with Crippen molar-refractivity contribution < 1.29 is 0 Å². The minimum Gasteiger partial charge on any atom is -0.368 e. The van der Waals surface area contributed by atoms with Crippen molar-refractivity contribution in [2.45, 2.75) is 25.8 Å². The van der Waals surface area contributed by atoms with Gasteiger partial charge in [-0.1, -0.05) is 24.6 Å². The van der Waals surface area contributed by atoms with Crippen molar-refractivity contribution in [3.8, 4) is 0 Å². The van der Waals surface area contributed by atoms with Gasteiger partial charge in [-0.2, -0.15) is 15.0 Å². The van der Waals surface area contributed by atoms with Crippen molar-refractivity contribution in [3.63, 3.8) is 0 Å². The highest BCUT2D eigenvalue weighted by molar-refractivity contribution is 5.53. The predicted molar refractivity (Wildman–Crippen MR) is 83.1 cm³/mol. The Kier molecular flexibility index (Phi) is 4.25. The zero-order valence-electron chi connectivity index (χ0n) is 12.0. The van der Waals surface area contributed by atoms with Crippen LogP contribution in [0.2, 0.25) is 0 Å². The van der Waals surface area contributed by atoms with E-state index in [0.717, 1.165) is 31.1 Å². The summed E-state index contributed by atoms with van der Waals surface area (Å²) >= 11 is 0. The number of likely N-dealkylation sites (tertiary alicyclic amines) is 1. The maximum absolute atomic E-state index is 5.80. The quantitative estimate of drug-likeness (QED) is 0.896. The Balaban J connectivity index is 1.73. The molecule has 0 bridgehead atoms. The van der Waals surface area contributed by atoms with E-state index in [1.165, 1.54) is 19.3 Å². The number of nitrogens with one attached hydrogen (secondary N) is 1. The molecule has 1 aliphatic heterocycles. The summed E-state index contributed by atoms with van der Waals surface area (Å²) in [4.78, 5) is 15.2. The number of aromatic nitrogens is 3. The summed E-state index contributed by atoms with van der Waals surface area (Å²) in [5, 5.41) is 3.16. The minimum absolute atomic E-state index is 0.260. The Morgan fingerprint density at radius 3 is 2.52 bits per heavy atom. The van der Waals surface area contributed by atoms with E-state index in [-0.39, 0.29) is 5.95 Å². The third-order valence-electron chi connectivity index (χ3n) is 3.54. The van der Waals surface area contributed by atoms with Crippen LogP contribution in [-0.2, 0) is 6.54 Å². The van der Waals surface area contributed by atoms with E-state index < -0.39 is 0 Å². The van der Waals surface area contributed by atoms with Crippen LogP contribution in [0.15, 0.2) is 30.3 Å². The van der Waals surface area contributed by atoms with Gasteiger partial charge in [-0.05, 0) is 38.1 Å². The van der Waals surface area contributed by atoms with Gasteiger partial charge < -0.3 is 11.1 Å². The van der Waals surface area contributed by atoms with E-state index in [1.807, 2.05) is 30.3 Å². The highest BCUT2D eigenvalue weighted by Gasteiger charge is 2.13. The Morgan fingerprint density at radius 2 is 1.76 bits per heavy atom. The molecule has 0 unspecified atom stereocenters. The lowest BCUT2D eigenvalue weighted by atomic mass is 10.1. The van der Waals surface area contributed by atoms with Gasteiger partial charge in [0.1, 0.15) is 5.82 Å². The van der Waals surface area contributed by atoms with Crippen LogP contribution in [0.25, 0.3) is 0 Å². The lowest BCUT2D eigenvalue weighted by Crippen LogP contribution is -2.30. The lowest BCUT2D eigenvalue weighted by Gasteiger charge is -2.25. The molecule has 21 heavy (non-hydrogen) atoms. The molecule has 1 aromatic carbocycles. The number of rotatable bonds is 4. The first-order chi connectivity index (χ1) is 10.3. The van der Waals surface area contributed by atoms with Crippen molar-refractivity contribution in [1.29, 1.82) is 0 Å². The van der Waals surface area contributed by atoms with Crippen LogP contribution in [0.1, 0.15) is 25.1 Å². The molecule has 2 aromatic rings. The zero-order valence-corrected chi connectivity index (χ0v) is 12.0. The number of nitrogens with zero attached hydrogens (tertiary/aromatic N) is 4. The summed E-state index contributed by atoms with van der Waals surface area (Å²) in [6, 6.07) is 9.81. The molecule has 0 spiro atoms. The third kappa shape index (κ3) is 3.88. The smallest absolute Gasteiger partial charge is 0.232 e. The Hall–Kier alpha value is -2.21. The lowest BCUT2D eigenvalue weighted by molar-refractivity contribution is 0.216. The molecule has 3 rings (SSSR count). The molecule has 1 aliphatic rings. The number of piperidine rings is 1. The number of hydrogen-bond acceptors (Lipinski definition) is 6. The highest BCUT2D eigenvalue weighted by Crippen LogP contribution is 2.15. The Labute approximate surface area is 124 Å². The number of hydrogen-bond donors (Lipinski definition) is 2. The van der Waals surface area contributed by atoms with Gasteiger partial charge in [-0.3, -0.25) is 4.90 Å². The second kappa shape index (κ2) is 6.49. The first kappa shape index (κ1) is 13.8. The number of para-hydroxylation sites is 1. The van der Waals surface area contributed by atoms with Crippen LogP contribution < -0.4 is 11.1 Å². The normalized spacial score (nSPS) is 15.8. The maximum Gasteiger partial charge on any atom is 0.232 e. The molecule has 6 heteroatoms. The Bertz CT molecular complexity index is 580. The van der Waals surface area contributed by atoms with Gasteiger partial charge in [0.15, 0.2) is 0 Å². The monoisotopic (exact) mass is 284 g/mol. The van der Waals surface area contributed by atoms with Crippen molar-refractivity contribution >= 4 is 17.6 Å². The molecule has 3 N–H and O–H groups in total. The van der Waals surface area contributed by atoms with Gasteiger partial charge in [0.2, 0.25) is 11.9 Å². The van der Waals surface area contributed by atoms with E-state index in [2.05, 4.69) is 25.2 Å². The SMILES string of the molecule is Nc1nc(CN2CCCCC2)nc(Nc2ccccc2)n1. The van der Waals surface area contributed by atoms with Crippen molar-refractivity contribution in [2.24, 2.45) is 0 Å². The number of nitrogens with two attached hydrogens (primary N) is 1. The van der Waals surface area contributed by atoms with Crippen molar-refractivity contribution in [2.75, 3.05) is 24.1 Å². The third-order valence-corrected chi connectivity index (χ3v) is 3.54. The molecule has 1 saturated heterocycles.